The average Bonchev–Trinajstić information content (AvgIpc) is 2.99. The molecule has 0 saturated heterocycles. The number of aliphatic hydroxyl groups is 3. The maximum absolute atomic E-state index is 13.4. The van der Waals surface area contributed by atoms with Gasteiger partial charge in [-0.3, -0.25) is 9.59 Å². The molecule has 0 radical (unpaired) electrons. The lowest BCUT2D eigenvalue weighted by atomic mass is 9.44. The van der Waals surface area contributed by atoms with Gasteiger partial charge in [-0.1, -0.05) is 19.9 Å². The molecule has 0 heterocycles. The molecule has 0 bridgehead atoms. The van der Waals surface area contributed by atoms with Crippen molar-refractivity contribution in [1.29, 1.82) is 0 Å². The number of hydrogen-bond acceptors (Lipinski definition) is 6. The van der Waals surface area contributed by atoms with Crippen LogP contribution in [0.5, 0.6) is 0 Å². The molecule has 0 amide bonds. The van der Waals surface area contributed by atoms with Crippen molar-refractivity contribution in [2.75, 3.05) is 13.2 Å². The molecular weight excluding hydrogens is 382 g/mol. The second kappa shape index (κ2) is 8.45. The van der Waals surface area contributed by atoms with Gasteiger partial charge in [0.1, 0.15) is 18.0 Å². The Morgan fingerprint density at radius 2 is 1.90 bits per heavy atom. The SMILES string of the molecule is C=CCN.C[C@]12CC[C@@H](O)C[C@H]1CC[C@@H]1[C@@H]2C(=O)C[C@@]2(C)[C@H]1CC[C@]2(O)C(=O)CO. The van der Waals surface area contributed by atoms with Gasteiger partial charge in [-0.05, 0) is 68.1 Å². The highest BCUT2D eigenvalue weighted by Gasteiger charge is 2.68. The minimum Gasteiger partial charge on any atom is -0.393 e. The largest absolute Gasteiger partial charge is 0.393 e. The molecule has 4 fully saturated rings. The van der Waals surface area contributed by atoms with Crippen molar-refractivity contribution in [3.63, 3.8) is 0 Å². The fourth-order valence-electron chi connectivity index (χ4n) is 7.64. The zero-order valence-corrected chi connectivity index (χ0v) is 18.5. The second-order valence-corrected chi connectivity index (χ2v) is 10.5. The van der Waals surface area contributed by atoms with E-state index in [0.717, 1.165) is 38.5 Å². The van der Waals surface area contributed by atoms with Crippen molar-refractivity contribution in [2.45, 2.75) is 76.9 Å². The van der Waals surface area contributed by atoms with E-state index < -0.39 is 23.4 Å². The molecule has 0 aromatic carbocycles. The minimum atomic E-state index is -1.58. The Balaban J connectivity index is 0.000000589. The first-order chi connectivity index (χ1) is 14.1. The number of Topliss-reactive ketones (excluding diaryl/α,β-unsaturated/α-hetero) is 2. The van der Waals surface area contributed by atoms with Gasteiger partial charge in [-0.25, -0.2) is 0 Å². The maximum Gasteiger partial charge on any atom is 0.190 e. The molecule has 6 nitrogen and oxygen atoms in total. The van der Waals surface area contributed by atoms with Crippen LogP contribution in [0, 0.1) is 34.5 Å². The molecule has 4 saturated carbocycles. The van der Waals surface area contributed by atoms with E-state index in [1.165, 1.54) is 0 Å². The number of hydrogen-bond donors (Lipinski definition) is 4. The first-order valence-corrected chi connectivity index (χ1v) is 11.5. The minimum absolute atomic E-state index is 0.0154. The Kier molecular flexibility index (Phi) is 6.65. The summed E-state index contributed by atoms with van der Waals surface area (Å²) in [7, 11) is 0. The number of aliphatic hydroxyl groups excluding tert-OH is 2. The highest BCUT2D eigenvalue weighted by Crippen LogP contribution is 2.67. The third-order valence-corrected chi connectivity index (χ3v) is 9.25. The fourth-order valence-corrected chi connectivity index (χ4v) is 7.64. The maximum atomic E-state index is 13.4. The fraction of sp³-hybridized carbons (Fsp3) is 0.833. The van der Waals surface area contributed by atoms with E-state index in [4.69, 9.17) is 5.73 Å². The number of carbonyl (C=O) groups is 2. The summed E-state index contributed by atoms with van der Waals surface area (Å²) in [6.07, 6.45) is 7.13. The number of nitrogens with two attached hydrogens (primary N) is 1. The molecule has 0 aliphatic heterocycles. The molecule has 0 aromatic heterocycles. The molecule has 170 valence electrons. The van der Waals surface area contributed by atoms with Gasteiger partial charge in [0.05, 0.1) is 6.10 Å². The van der Waals surface area contributed by atoms with Crippen LogP contribution in [0.1, 0.15) is 65.2 Å². The molecule has 0 spiro atoms. The van der Waals surface area contributed by atoms with E-state index in [-0.39, 0.29) is 41.5 Å². The summed E-state index contributed by atoms with van der Waals surface area (Å²) < 4.78 is 0. The van der Waals surface area contributed by atoms with Crippen LogP contribution in [-0.4, -0.2) is 51.7 Å². The van der Waals surface area contributed by atoms with Crippen LogP contribution in [0.15, 0.2) is 12.7 Å². The van der Waals surface area contributed by atoms with Crippen LogP contribution in [-0.2, 0) is 9.59 Å². The quantitative estimate of drug-likeness (QED) is 0.517. The summed E-state index contributed by atoms with van der Waals surface area (Å²) in [5, 5.41) is 30.6. The second-order valence-electron chi connectivity index (χ2n) is 10.5. The molecule has 30 heavy (non-hydrogen) atoms. The van der Waals surface area contributed by atoms with Gasteiger partial charge in [0.15, 0.2) is 5.78 Å². The molecule has 4 aliphatic carbocycles. The van der Waals surface area contributed by atoms with Gasteiger partial charge in [0.2, 0.25) is 0 Å². The van der Waals surface area contributed by atoms with Crippen molar-refractivity contribution >= 4 is 11.6 Å². The predicted octanol–water partition coefficient (Wildman–Crippen LogP) is 1.99. The van der Waals surface area contributed by atoms with Crippen LogP contribution in [0.25, 0.3) is 0 Å². The Morgan fingerprint density at radius 3 is 2.50 bits per heavy atom. The topological polar surface area (TPSA) is 121 Å². The standard InChI is InChI=1S/C21H32O5.C3H7N/c1-19-7-5-13(23)9-12(19)3-4-14-15-6-8-21(26,17(25)11-22)20(15,2)10-16(24)18(14)19;1-2-3-4/h12-15,18,22-23,26H,3-11H2,1-2H3;2H,1,3-4H2/t12-,13-,14+,15+,18-,19+,20+,21+;/m1./s1. The van der Waals surface area contributed by atoms with E-state index in [1.54, 1.807) is 6.08 Å². The van der Waals surface area contributed by atoms with Crippen LogP contribution < -0.4 is 5.73 Å². The third kappa shape index (κ3) is 3.40. The van der Waals surface area contributed by atoms with E-state index in [9.17, 15) is 24.9 Å². The van der Waals surface area contributed by atoms with E-state index in [0.29, 0.717) is 18.9 Å². The first-order valence-electron chi connectivity index (χ1n) is 11.5. The molecule has 4 aliphatic rings. The predicted molar refractivity (Wildman–Crippen MR) is 114 cm³/mol. The van der Waals surface area contributed by atoms with Crippen molar-refractivity contribution < 1.29 is 24.9 Å². The van der Waals surface area contributed by atoms with Crippen LogP contribution in [0.3, 0.4) is 0 Å². The highest BCUT2D eigenvalue weighted by atomic mass is 16.3. The number of fused-ring (bicyclic) bond motifs is 5. The van der Waals surface area contributed by atoms with Crippen molar-refractivity contribution in [3.05, 3.63) is 12.7 Å². The van der Waals surface area contributed by atoms with Gasteiger partial charge in [-0.15, -0.1) is 6.58 Å². The Hall–Kier alpha value is -1.08. The van der Waals surface area contributed by atoms with E-state index in [2.05, 4.69) is 13.5 Å². The number of ketones is 2. The lowest BCUT2D eigenvalue weighted by molar-refractivity contribution is -0.180. The molecule has 6 heteroatoms. The number of carbonyl (C=O) groups excluding carboxylic acids is 2. The summed E-state index contributed by atoms with van der Waals surface area (Å²) in [5.41, 5.74) is 2.51. The van der Waals surface area contributed by atoms with Gasteiger partial charge >= 0.3 is 0 Å². The normalized spacial score (nSPS) is 47.3. The van der Waals surface area contributed by atoms with Crippen LogP contribution >= 0.6 is 0 Å². The molecule has 5 N–H and O–H groups in total. The van der Waals surface area contributed by atoms with E-state index >= 15 is 0 Å². The van der Waals surface area contributed by atoms with E-state index in [1.807, 2.05) is 6.92 Å². The summed E-state index contributed by atoms with van der Waals surface area (Å²) in [5.74, 6) is 0.380. The highest BCUT2D eigenvalue weighted by molar-refractivity contribution is 5.92. The van der Waals surface area contributed by atoms with Gasteiger partial charge in [0, 0.05) is 24.3 Å². The van der Waals surface area contributed by atoms with Gasteiger partial charge in [-0.2, -0.15) is 0 Å². The summed E-state index contributed by atoms with van der Waals surface area (Å²) in [4.78, 5) is 25.7. The zero-order valence-electron chi connectivity index (χ0n) is 18.5. The van der Waals surface area contributed by atoms with Crippen molar-refractivity contribution in [1.82, 2.24) is 0 Å². The van der Waals surface area contributed by atoms with Crippen molar-refractivity contribution in [3.8, 4) is 0 Å². The monoisotopic (exact) mass is 421 g/mol. The average molecular weight is 422 g/mol. The smallest absolute Gasteiger partial charge is 0.190 e. The third-order valence-electron chi connectivity index (χ3n) is 9.25. The summed E-state index contributed by atoms with van der Waals surface area (Å²) >= 11 is 0. The van der Waals surface area contributed by atoms with Crippen LogP contribution in [0.4, 0.5) is 0 Å². The van der Waals surface area contributed by atoms with Gasteiger partial charge < -0.3 is 21.1 Å². The summed E-state index contributed by atoms with van der Waals surface area (Å²) in [6, 6.07) is 0. The van der Waals surface area contributed by atoms with Gasteiger partial charge in [0.25, 0.3) is 0 Å². The van der Waals surface area contributed by atoms with Crippen LogP contribution in [0.2, 0.25) is 0 Å². The first kappa shape index (κ1) is 23.6. The summed E-state index contributed by atoms with van der Waals surface area (Å²) in [6.45, 7) is 7.40. The lowest BCUT2D eigenvalue weighted by Gasteiger charge is -2.60. The lowest BCUT2D eigenvalue weighted by Crippen LogP contribution is -2.62. The van der Waals surface area contributed by atoms with Crippen molar-refractivity contribution in [2.24, 2.45) is 40.2 Å². The molecule has 8 atom stereocenters. The molecule has 0 aromatic rings. The Labute approximate surface area is 179 Å². The molecular formula is C24H39NO5. The number of rotatable bonds is 3. The zero-order chi connectivity index (χ0) is 22.3. The Morgan fingerprint density at radius 1 is 1.23 bits per heavy atom. The molecule has 0 unspecified atom stereocenters. The molecule has 4 rings (SSSR count). The Bertz CT molecular complexity index is 695.